The molecule has 0 fully saturated rings. The second-order valence-electron chi connectivity index (χ2n) is 3.86. The molecule has 4 nitrogen and oxygen atoms in total. The van der Waals surface area contributed by atoms with E-state index in [2.05, 4.69) is 52.2 Å². The second kappa shape index (κ2) is 6.70. The lowest BCUT2D eigenvalue weighted by atomic mass is 10.2. The number of aliphatic imine (C=N–C) groups is 1. The van der Waals surface area contributed by atoms with E-state index >= 15 is 0 Å². The summed E-state index contributed by atoms with van der Waals surface area (Å²) in [6.45, 7) is 4.97. The highest BCUT2D eigenvalue weighted by atomic mass is 127. The van der Waals surface area contributed by atoms with E-state index in [1.807, 2.05) is 24.3 Å². The zero-order valence-electron chi connectivity index (χ0n) is 9.50. The number of benzene rings is 1. The molecule has 0 aliphatic carbocycles. The summed E-state index contributed by atoms with van der Waals surface area (Å²) in [6.07, 6.45) is 0. The van der Waals surface area contributed by atoms with Crippen LogP contribution in [0.4, 0.5) is 5.69 Å². The maximum atomic E-state index is 5.40. The largest absolute Gasteiger partial charge is 0.325 e. The lowest BCUT2D eigenvalue weighted by molar-refractivity contribution is 0.663. The van der Waals surface area contributed by atoms with Crippen LogP contribution in [0.1, 0.15) is 13.8 Å². The first-order chi connectivity index (χ1) is 7.61. The van der Waals surface area contributed by atoms with Gasteiger partial charge < -0.3 is 5.32 Å². The van der Waals surface area contributed by atoms with Gasteiger partial charge >= 0.3 is 0 Å². The van der Waals surface area contributed by atoms with Crippen LogP contribution in [-0.2, 0) is 0 Å². The average Bonchev–Trinajstić information content (AvgIpc) is 2.24. The Morgan fingerprint density at radius 3 is 2.81 bits per heavy atom. The van der Waals surface area contributed by atoms with E-state index in [1.54, 1.807) is 0 Å². The fourth-order valence-corrected chi connectivity index (χ4v) is 1.64. The quantitative estimate of drug-likeness (QED) is 0.261. The Hall–Kier alpha value is -0.820. The van der Waals surface area contributed by atoms with Crippen molar-refractivity contribution in [2.24, 2.45) is 16.8 Å². The van der Waals surface area contributed by atoms with Crippen LogP contribution in [0, 0.1) is 9.49 Å². The maximum absolute atomic E-state index is 5.40. The third-order valence-corrected chi connectivity index (χ3v) is 2.51. The highest BCUT2D eigenvalue weighted by molar-refractivity contribution is 14.1. The smallest absolute Gasteiger partial charge is 0.210 e. The molecular weight excluding hydrogens is 315 g/mol. The van der Waals surface area contributed by atoms with Crippen molar-refractivity contribution in [3.63, 3.8) is 0 Å². The van der Waals surface area contributed by atoms with E-state index in [0.717, 1.165) is 12.2 Å². The molecule has 0 bridgehead atoms. The molecule has 0 spiro atoms. The first-order valence-electron chi connectivity index (χ1n) is 5.15. The van der Waals surface area contributed by atoms with Crippen molar-refractivity contribution in [1.29, 1.82) is 0 Å². The van der Waals surface area contributed by atoms with Gasteiger partial charge in [-0.05, 0) is 46.7 Å². The van der Waals surface area contributed by atoms with E-state index in [-0.39, 0.29) is 0 Å². The molecule has 0 aliphatic rings. The predicted molar refractivity (Wildman–Crippen MR) is 77.2 cm³/mol. The number of hydrazine groups is 1. The Morgan fingerprint density at radius 1 is 1.50 bits per heavy atom. The Morgan fingerprint density at radius 2 is 2.25 bits per heavy atom. The van der Waals surface area contributed by atoms with Gasteiger partial charge in [0.2, 0.25) is 5.96 Å². The minimum Gasteiger partial charge on any atom is -0.325 e. The molecule has 0 aliphatic heterocycles. The van der Waals surface area contributed by atoms with E-state index in [1.165, 1.54) is 3.57 Å². The summed E-state index contributed by atoms with van der Waals surface area (Å²) in [6, 6.07) is 8.03. The van der Waals surface area contributed by atoms with Gasteiger partial charge in [0, 0.05) is 15.8 Å². The molecule has 0 radical (unpaired) electrons. The Labute approximate surface area is 110 Å². The molecule has 0 saturated carbocycles. The van der Waals surface area contributed by atoms with Crippen molar-refractivity contribution in [3.05, 3.63) is 27.8 Å². The molecule has 1 aromatic carbocycles. The number of halogens is 1. The third-order valence-electron chi connectivity index (χ3n) is 1.84. The van der Waals surface area contributed by atoms with Crippen LogP contribution in [0.5, 0.6) is 0 Å². The van der Waals surface area contributed by atoms with Gasteiger partial charge in [0.25, 0.3) is 0 Å². The van der Waals surface area contributed by atoms with E-state index < -0.39 is 0 Å². The monoisotopic (exact) mass is 332 g/mol. The zero-order valence-corrected chi connectivity index (χ0v) is 11.7. The number of hydrogen-bond acceptors (Lipinski definition) is 2. The van der Waals surface area contributed by atoms with E-state index in [4.69, 9.17) is 5.84 Å². The van der Waals surface area contributed by atoms with Gasteiger partial charge in [-0.1, -0.05) is 19.9 Å². The van der Waals surface area contributed by atoms with Crippen LogP contribution in [0.2, 0.25) is 0 Å². The van der Waals surface area contributed by atoms with Gasteiger partial charge in [-0.15, -0.1) is 0 Å². The third kappa shape index (κ3) is 4.80. The molecule has 0 aromatic heterocycles. The summed E-state index contributed by atoms with van der Waals surface area (Å²) in [4.78, 5) is 4.33. The first-order valence-corrected chi connectivity index (χ1v) is 6.23. The zero-order chi connectivity index (χ0) is 12.0. The van der Waals surface area contributed by atoms with Crippen LogP contribution >= 0.6 is 22.6 Å². The Bertz CT molecular complexity index is 363. The van der Waals surface area contributed by atoms with Gasteiger partial charge in [-0.3, -0.25) is 10.4 Å². The molecule has 1 aromatic rings. The molecule has 0 amide bonds. The topological polar surface area (TPSA) is 62.4 Å². The Kier molecular flexibility index (Phi) is 5.54. The summed E-state index contributed by atoms with van der Waals surface area (Å²) in [5.41, 5.74) is 3.54. The summed E-state index contributed by atoms with van der Waals surface area (Å²) in [5, 5.41) is 3.13. The summed E-state index contributed by atoms with van der Waals surface area (Å²) >= 11 is 2.26. The van der Waals surface area contributed by atoms with Gasteiger partial charge in [0.15, 0.2) is 0 Å². The van der Waals surface area contributed by atoms with Crippen molar-refractivity contribution < 1.29 is 0 Å². The van der Waals surface area contributed by atoms with Crippen molar-refractivity contribution in [2.75, 3.05) is 11.9 Å². The lowest BCUT2D eigenvalue weighted by Gasteiger charge is -2.10. The fourth-order valence-electron chi connectivity index (χ4n) is 1.10. The molecule has 0 heterocycles. The number of hydrogen-bond donors (Lipinski definition) is 3. The molecule has 0 atom stereocenters. The molecule has 5 heteroatoms. The van der Waals surface area contributed by atoms with Crippen molar-refractivity contribution in [3.8, 4) is 0 Å². The second-order valence-corrected chi connectivity index (χ2v) is 5.11. The molecule has 4 N–H and O–H groups in total. The number of nitrogens with two attached hydrogens (primary N) is 1. The number of anilines is 1. The van der Waals surface area contributed by atoms with E-state index in [0.29, 0.717) is 11.9 Å². The number of guanidine groups is 1. The minimum absolute atomic E-state index is 0.515. The van der Waals surface area contributed by atoms with Crippen LogP contribution < -0.4 is 16.6 Å². The van der Waals surface area contributed by atoms with Crippen molar-refractivity contribution in [1.82, 2.24) is 5.43 Å². The SMILES string of the molecule is CC(C)CN=C(NN)Nc1cccc(I)c1. The molecular formula is C11H17IN4. The Balaban J connectivity index is 2.66. The lowest BCUT2D eigenvalue weighted by Crippen LogP contribution is -2.36. The summed E-state index contributed by atoms with van der Waals surface area (Å²) in [7, 11) is 0. The highest BCUT2D eigenvalue weighted by Crippen LogP contribution is 2.12. The molecule has 0 unspecified atom stereocenters. The molecule has 88 valence electrons. The highest BCUT2D eigenvalue weighted by Gasteiger charge is 1.99. The number of nitrogens with one attached hydrogen (secondary N) is 2. The molecule has 16 heavy (non-hydrogen) atoms. The normalized spacial score (nSPS) is 11.7. The minimum atomic E-state index is 0.515. The van der Waals surface area contributed by atoms with Gasteiger partial charge in [-0.2, -0.15) is 0 Å². The van der Waals surface area contributed by atoms with Crippen LogP contribution in [0.3, 0.4) is 0 Å². The first kappa shape index (κ1) is 13.2. The molecule has 0 saturated heterocycles. The van der Waals surface area contributed by atoms with Crippen LogP contribution in [0.15, 0.2) is 29.3 Å². The predicted octanol–water partition coefficient (Wildman–Crippen LogP) is 2.18. The summed E-state index contributed by atoms with van der Waals surface area (Å²) < 4.78 is 1.17. The standard InChI is InChI=1S/C11H17IN4/c1-8(2)7-14-11(16-13)15-10-5-3-4-9(12)6-10/h3-6,8H,7,13H2,1-2H3,(H2,14,15,16). The summed E-state index contributed by atoms with van der Waals surface area (Å²) in [5.74, 6) is 6.51. The van der Waals surface area contributed by atoms with Crippen molar-refractivity contribution in [2.45, 2.75) is 13.8 Å². The maximum Gasteiger partial charge on any atom is 0.210 e. The fraction of sp³-hybridized carbons (Fsp3) is 0.364. The van der Waals surface area contributed by atoms with Crippen molar-refractivity contribution >= 4 is 34.2 Å². The van der Waals surface area contributed by atoms with Gasteiger partial charge in [0.1, 0.15) is 0 Å². The van der Waals surface area contributed by atoms with Gasteiger partial charge in [-0.25, -0.2) is 5.84 Å². The number of nitrogens with zero attached hydrogens (tertiary/aromatic N) is 1. The van der Waals surface area contributed by atoms with E-state index in [9.17, 15) is 0 Å². The number of rotatable bonds is 3. The van der Waals surface area contributed by atoms with Gasteiger partial charge in [0.05, 0.1) is 0 Å². The van der Waals surface area contributed by atoms with Crippen LogP contribution in [0.25, 0.3) is 0 Å². The molecule has 1 rings (SSSR count). The van der Waals surface area contributed by atoms with Crippen LogP contribution in [-0.4, -0.2) is 12.5 Å². The average molecular weight is 332 g/mol.